The summed E-state index contributed by atoms with van der Waals surface area (Å²) in [5, 5.41) is 9.58. The van der Waals surface area contributed by atoms with E-state index in [4.69, 9.17) is 0 Å². The Hall–Kier alpha value is -2.55. The highest BCUT2D eigenvalue weighted by atomic mass is 32.2. The van der Waals surface area contributed by atoms with Crippen molar-refractivity contribution in [1.82, 2.24) is 14.8 Å². The predicted octanol–water partition coefficient (Wildman–Crippen LogP) is 4.32. The minimum atomic E-state index is -4.42. The molecule has 0 atom stereocenters. The molecule has 0 unspecified atom stereocenters. The van der Waals surface area contributed by atoms with E-state index in [1.807, 2.05) is 13.8 Å². The number of carbonyl (C=O) groups excluding carboxylic acids is 1. The monoisotopic (exact) mass is 395 g/mol. The Morgan fingerprint density at radius 3 is 2.59 bits per heavy atom. The quantitative estimate of drug-likeness (QED) is 0.486. The third kappa shape index (κ3) is 3.78. The van der Waals surface area contributed by atoms with E-state index in [1.165, 1.54) is 24.9 Å². The van der Waals surface area contributed by atoms with E-state index in [0.717, 1.165) is 23.3 Å². The van der Waals surface area contributed by atoms with Gasteiger partial charge in [-0.05, 0) is 43.2 Å². The molecule has 0 aliphatic carbocycles. The molecule has 5 nitrogen and oxygen atoms in total. The van der Waals surface area contributed by atoms with Crippen molar-refractivity contribution in [3.63, 3.8) is 0 Å². The average Bonchev–Trinajstić information content (AvgIpc) is 3.05. The van der Waals surface area contributed by atoms with Gasteiger partial charge in [0, 0.05) is 11.6 Å². The molecule has 0 amide bonds. The summed E-state index contributed by atoms with van der Waals surface area (Å²) in [6.07, 6.45) is -2.75. The normalized spacial score (nSPS) is 11.8. The summed E-state index contributed by atoms with van der Waals surface area (Å²) in [6.45, 7) is 3.65. The van der Waals surface area contributed by atoms with E-state index in [-0.39, 0.29) is 11.7 Å². The number of aromatic nitrogens is 3. The first-order valence-corrected chi connectivity index (χ1v) is 8.93. The summed E-state index contributed by atoms with van der Waals surface area (Å²) >= 11 is 1.20. The van der Waals surface area contributed by atoms with Crippen LogP contribution in [-0.4, -0.2) is 33.6 Å². The lowest BCUT2D eigenvalue weighted by Crippen LogP contribution is -2.08. The maximum Gasteiger partial charge on any atom is 0.416 e. The molecule has 0 saturated heterocycles. The second-order valence-electron chi connectivity index (χ2n) is 5.90. The number of halogens is 3. The van der Waals surface area contributed by atoms with Gasteiger partial charge < -0.3 is 4.74 Å². The molecule has 9 heteroatoms. The zero-order valence-electron chi connectivity index (χ0n) is 14.8. The Morgan fingerprint density at radius 1 is 1.19 bits per heavy atom. The molecule has 27 heavy (non-hydrogen) atoms. The number of fused-ring (bicyclic) bond motifs is 1. The van der Waals surface area contributed by atoms with Crippen LogP contribution in [0.5, 0.6) is 0 Å². The van der Waals surface area contributed by atoms with Crippen molar-refractivity contribution in [1.29, 1.82) is 0 Å². The first-order chi connectivity index (χ1) is 12.7. The lowest BCUT2D eigenvalue weighted by Gasteiger charge is -2.13. The van der Waals surface area contributed by atoms with Crippen LogP contribution in [0.25, 0.3) is 16.7 Å². The first-order valence-electron chi connectivity index (χ1n) is 7.94. The molecule has 0 N–H and O–H groups in total. The SMILES string of the molecule is COC(=O)CSc1nnc(-n2ccc3ccc(C(F)(F)F)cc32)c(C)c1C. The van der Waals surface area contributed by atoms with Gasteiger partial charge in [-0.1, -0.05) is 17.8 Å². The van der Waals surface area contributed by atoms with E-state index in [0.29, 0.717) is 21.7 Å². The van der Waals surface area contributed by atoms with Gasteiger partial charge in [0.1, 0.15) is 5.03 Å². The smallest absolute Gasteiger partial charge is 0.416 e. The standard InChI is InChI=1S/C18H16F3N3O2S/c1-10-11(2)17(27-9-15(25)26-3)23-22-16(10)24-7-6-12-4-5-13(8-14(12)24)18(19,20)21/h4-8H,9H2,1-3H3. The second-order valence-corrected chi connectivity index (χ2v) is 6.86. The summed E-state index contributed by atoms with van der Waals surface area (Å²) in [6, 6.07) is 5.32. The highest BCUT2D eigenvalue weighted by molar-refractivity contribution is 7.99. The van der Waals surface area contributed by atoms with Gasteiger partial charge in [0.05, 0.1) is 23.9 Å². The van der Waals surface area contributed by atoms with Crippen molar-refractivity contribution in [3.05, 3.63) is 47.2 Å². The molecular weight excluding hydrogens is 379 g/mol. The van der Waals surface area contributed by atoms with Crippen LogP contribution in [0, 0.1) is 13.8 Å². The maximum absolute atomic E-state index is 13.1. The van der Waals surface area contributed by atoms with Crippen molar-refractivity contribution in [2.45, 2.75) is 25.0 Å². The van der Waals surface area contributed by atoms with Crippen LogP contribution in [0.2, 0.25) is 0 Å². The van der Waals surface area contributed by atoms with Gasteiger partial charge in [0.2, 0.25) is 0 Å². The molecular formula is C18H16F3N3O2S. The van der Waals surface area contributed by atoms with E-state index >= 15 is 0 Å². The van der Waals surface area contributed by atoms with Crippen molar-refractivity contribution in [3.8, 4) is 5.82 Å². The highest BCUT2D eigenvalue weighted by Gasteiger charge is 2.31. The summed E-state index contributed by atoms with van der Waals surface area (Å²) in [5.41, 5.74) is 1.26. The van der Waals surface area contributed by atoms with E-state index in [2.05, 4.69) is 14.9 Å². The summed E-state index contributed by atoms with van der Waals surface area (Å²) in [4.78, 5) is 11.3. The fourth-order valence-electron chi connectivity index (χ4n) is 2.61. The molecule has 0 aliphatic heterocycles. The summed E-state index contributed by atoms with van der Waals surface area (Å²) < 4.78 is 45.4. The number of methoxy groups -OCH3 is 1. The predicted molar refractivity (Wildman–Crippen MR) is 96.1 cm³/mol. The molecule has 0 radical (unpaired) electrons. The first kappa shape index (κ1) is 19.2. The third-order valence-corrected chi connectivity index (χ3v) is 5.30. The zero-order valence-corrected chi connectivity index (χ0v) is 15.6. The van der Waals surface area contributed by atoms with Gasteiger partial charge in [-0.15, -0.1) is 10.2 Å². The fraction of sp³-hybridized carbons (Fsp3) is 0.278. The second kappa shape index (κ2) is 7.22. The number of thioether (sulfide) groups is 1. The van der Waals surface area contributed by atoms with Crippen molar-refractivity contribution in [2.75, 3.05) is 12.9 Å². The van der Waals surface area contributed by atoms with Crippen LogP contribution >= 0.6 is 11.8 Å². The molecule has 0 saturated carbocycles. The van der Waals surface area contributed by atoms with Gasteiger partial charge in [0.15, 0.2) is 5.82 Å². The molecule has 0 aliphatic rings. The van der Waals surface area contributed by atoms with Crippen LogP contribution in [0.3, 0.4) is 0 Å². The third-order valence-electron chi connectivity index (χ3n) is 4.26. The minimum absolute atomic E-state index is 0.103. The Kier molecular flexibility index (Phi) is 5.14. The molecule has 142 valence electrons. The topological polar surface area (TPSA) is 57.0 Å². The van der Waals surface area contributed by atoms with E-state index in [1.54, 1.807) is 16.8 Å². The molecule has 0 spiro atoms. The van der Waals surface area contributed by atoms with Crippen molar-refractivity contribution in [2.24, 2.45) is 0 Å². The lowest BCUT2D eigenvalue weighted by molar-refractivity contribution is -0.138. The van der Waals surface area contributed by atoms with Crippen molar-refractivity contribution >= 4 is 28.6 Å². The fourth-order valence-corrected chi connectivity index (χ4v) is 3.45. The van der Waals surface area contributed by atoms with Crippen LogP contribution < -0.4 is 0 Å². The van der Waals surface area contributed by atoms with Gasteiger partial charge in [-0.25, -0.2) is 0 Å². The largest absolute Gasteiger partial charge is 0.468 e. The number of rotatable bonds is 4. The van der Waals surface area contributed by atoms with Crippen LogP contribution in [0.1, 0.15) is 16.7 Å². The number of hydrogen-bond donors (Lipinski definition) is 0. The van der Waals surface area contributed by atoms with Crippen LogP contribution in [0.15, 0.2) is 35.5 Å². The zero-order chi connectivity index (χ0) is 19.8. The molecule has 3 aromatic rings. The van der Waals surface area contributed by atoms with Crippen molar-refractivity contribution < 1.29 is 22.7 Å². The van der Waals surface area contributed by atoms with Gasteiger partial charge >= 0.3 is 12.1 Å². The molecule has 1 aromatic carbocycles. The van der Waals surface area contributed by atoms with Crippen LogP contribution in [0.4, 0.5) is 13.2 Å². The lowest BCUT2D eigenvalue weighted by atomic mass is 10.1. The Morgan fingerprint density at radius 2 is 1.93 bits per heavy atom. The maximum atomic E-state index is 13.1. The highest BCUT2D eigenvalue weighted by Crippen LogP contribution is 2.33. The molecule has 2 aromatic heterocycles. The molecule has 2 heterocycles. The molecule has 3 rings (SSSR count). The number of nitrogens with zero attached hydrogens (tertiary/aromatic N) is 3. The number of esters is 1. The number of benzene rings is 1. The van der Waals surface area contributed by atoms with Gasteiger partial charge in [-0.3, -0.25) is 9.36 Å². The van der Waals surface area contributed by atoms with Crippen LogP contribution in [-0.2, 0) is 15.7 Å². The average molecular weight is 395 g/mol. The number of carbonyl (C=O) groups is 1. The number of hydrogen-bond acceptors (Lipinski definition) is 5. The van der Waals surface area contributed by atoms with E-state index in [9.17, 15) is 18.0 Å². The summed E-state index contributed by atoms with van der Waals surface area (Å²) in [7, 11) is 1.31. The molecule has 0 fully saturated rings. The minimum Gasteiger partial charge on any atom is -0.468 e. The number of ether oxygens (including phenoxy) is 1. The Balaban J connectivity index is 2.04. The van der Waals surface area contributed by atoms with Gasteiger partial charge in [0.25, 0.3) is 0 Å². The van der Waals surface area contributed by atoms with E-state index < -0.39 is 11.7 Å². The van der Waals surface area contributed by atoms with Gasteiger partial charge in [-0.2, -0.15) is 13.2 Å². The molecule has 0 bridgehead atoms. The number of alkyl halides is 3. The Labute approximate surface area is 157 Å². The summed E-state index contributed by atoms with van der Waals surface area (Å²) in [5.74, 6) is 0.176. The Bertz CT molecular complexity index is 1010.